The molecular formula is C53H33N5O. The second-order valence-electron chi connectivity index (χ2n) is 14.8. The number of oxazole rings is 1. The van der Waals surface area contributed by atoms with Crippen LogP contribution < -0.4 is 0 Å². The zero-order chi connectivity index (χ0) is 38.9. The fraction of sp³-hybridized carbons (Fsp3) is 0. The van der Waals surface area contributed by atoms with Crippen LogP contribution in [0.15, 0.2) is 205 Å². The Morgan fingerprint density at radius 2 is 0.932 bits per heavy atom. The molecule has 0 spiro atoms. The van der Waals surface area contributed by atoms with E-state index in [9.17, 15) is 0 Å². The smallest absolute Gasteiger partial charge is 0.235 e. The van der Waals surface area contributed by atoms with E-state index in [1.54, 1.807) is 0 Å². The van der Waals surface area contributed by atoms with Crippen LogP contribution in [0.2, 0.25) is 0 Å². The first-order valence-electron chi connectivity index (χ1n) is 19.8. The molecule has 0 unspecified atom stereocenters. The molecule has 0 aliphatic heterocycles. The topological polar surface area (TPSA) is 61.7 Å². The summed E-state index contributed by atoms with van der Waals surface area (Å²) in [5.74, 6) is 1.14. The molecule has 0 bridgehead atoms. The minimum Gasteiger partial charge on any atom is -0.435 e. The van der Waals surface area contributed by atoms with Crippen LogP contribution in [0.5, 0.6) is 0 Å². The SMILES string of the molecule is c1ccc(-c2cccc(-c3cc(-c4ccccc4)nc(-n4c5ccc6nc(-c7ccccc7)oc6c5c5cccc(-n6c7ccccc7c7ccccc76)c54)n3)c2)cc1. The second-order valence-corrected chi connectivity index (χ2v) is 14.8. The first kappa shape index (κ1) is 33.1. The van der Waals surface area contributed by atoms with Crippen molar-refractivity contribution in [1.82, 2.24) is 24.1 Å². The average molecular weight is 756 g/mol. The number of aromatic nitrogens is 5. The molecule has 0 atom stereocenters. The minimum atomic E-state index is 0.557. The molecule has 4 heterocycles. The zero-order valence-corrected chi connectivity index (χ0v) is 31.7. The van der Waals surface area contributed by atoms with Gasteiger partial charge in [-0.25, -0.2) is 15.0 Å². The lowest BCUT2D eigenvalue weighted by molar-refractivity contribution is 0.623. The van der Waals surface area contributed by atoms with Crippen LogP contribution >= 0.6 is 0 Å². The third-order valence-corrected chi connectivity index (χ3v) is 11.4. The van der Waals surface area contributed by atoms with Gasteiger partial charge in [-0.05, 0) is 65.7 Å². The molecule has 8 aromatic carbocycles. The van der Waals surface area contributed by atoms with E-state index in [1.165, 1.54) is 10.8 Å². The summed E-state index contributed by atoms with van der Waals surface area (Å²) in [7, 11) is 0. The summed E-state index contributed by atoms with van der Waals surface area (Å²) in [6.45, 7) is 0. The summed E-state index contributed by atoms with van der Waals surface area (Å²) in [4.78, 5) is 15.9. The first-order valence-corrected chi connectivity index (χ1v) is 19.8. The van der Waals surface area contributed by atoms with Crippen molar-refractivity contribution in [2.75, 3.05) is 0 Å². The van der Waals surface area contributed by atoms with Gasteiger partial charge in [0.25, 0.3) is 0 Å². The molecule has 0 aliphatic carbocycles. The Kier molecular flexibility index (Phi) is 7.43. The fourth-order valence-corrected chi connectivity index (χ4v) is 8.72. The van der Waals surface area contributed by atoms with Crippen LogP contribution in [0, 0.1) is 0 Å². The van der Waals surface area contributed by atoms with Crippen molar-refractivity contribution in [3.63, 3.8) is 0 Å². The van der Waals surface area contributed by atoms with Crippen LogP contribution in [0.4, 0.5) is 0 Å². The highest BCUT2D eigenvalue weighted by Gasteiger charge is 2.25. The standard InChI is InChI=1S/C53H33N5O/c1-4-16-34(17-5-1)37-22-14-23-38(32-37)44-33-43(35-18-6-2-7-19-35)55-53(56-44)58-47-31-30-42-51(59-52(54-42)36-20-8-3-9-21-36)49(47)41-26-15-29-48(50(41)58)57-45-27-12-10-24-39(45)40-25-11-13-28-46(40)57/h1-33H. The molecule has 6 heteroatoms. The van der Waals surface area contributed by atoms with Crippen molar-refractivity contribution in [2.45, 2.75) is 0 Å². The van der Waals surface area contributed by atoms with Crippen LogP contribution in [0.1, 0.15) is 0 Å². The van der Waals surface area contributed by atoms with Crippen molar-refractivity contribution < 1.29 is 4.42 Å². The van der Waals surface area contributed by atoms with E-state index in [0.717, 1.165) is 88.8 Å². The van der Waals surface area contributed by atoms with Crippen molar-refractivity contribution in [1.29, 1.82) is 0 Å². The van der Waals surface area contributed by atoms with Crippen LogP contribution in [-0.2, 0) is 0 Å². The Labute approximate surface area is 338 Å². The Morgan fingerprint density at radius 3 is 1.64 bits per heavy atom. The van der Waals surface area contributed by atoms with Gasteiger partial charge in [0.15, 0.2) is 5.58 Å². The van der Waals surface area contributed by atoms with Crippen molar-refractivity contribution >= 4 is 54.7 Å². The zero-order valence-electron chi connectivity index (χ0n) is 31.7. The van der Waals surface area contributed by atoms with Gasteiger partial charge in [-0.1, -0.05) is 146 Å². The van der Waals surface area contributed by atoms with Crippen molar-refractivity contribution in [3.05, 3.63) is 200 Å². The molecule has 0 saturated carbocycles. The summed E-state index contributed by atoms with van der Waals surface area (Å²) in [6.07, 6.45) is 0. The summed E-state index contributed by atoms with van der Waals surface area (Å²) in [5, 5.41) is 4.35. The summed E-state index contributed by atoms with van der Waals surface area (Å²) in [6, 6.07) is 69.6. The van der Waals surface area contributed by atoms with E-state index in [-0.39, 0.29) is 0 Å². The van der Waals surface area contributed by atoms with Crippen LogP contribution in [-0.4, -0.2) is 24.1 Å². The Bertz CT molecular complexity index is 3490. The van der Waals surface area contributed by atoms with Gasteiger partial charge in [0.1, 0.15) is 5.52 Å². The fourth-order valence-electron chi connectivity index (χ4n) is 8.72. The molecule has 0 fully saturated rings. The molecule has 276 valence electrons. The first-order chi connectivity index (χ1) is 29.3. The number of para-hydroxylation sites is 3. The molecule has 0 amide bonds. The van der Waals surface area contributed by atoms with E-state index in [2.05, 4.69) is 167 Å². The van der Waals surface area contributed by atoms with Crippen LogP contribution in [0.25, 0.3) is 111 Å². The Morgan fingerprint density at radius 1 is 0.373 bits per heavy atom. The second kappa shape index (κ2) is 13.3. The highest BCUT2D eigenvalue weighted by molar-refractivity contribution is 6.21. The van der Waals surface area contributed by atoms with Gasteiger partial charge in [-0.3, -0.25) is 4.57 Å². The third kappa shape index (κ3) is 5.31. The van der Waals surface area contributed by atoms with E-state index < -0.39 is 0 Å². The summed E-state index contributed by atoms with van der Waals surface area (Å²) < 4.78 is 11.4. The van der Waals surface area contributed by atoms with Gasteiger partial charge in [0.2, 0.25) is 11.8 Å². The maximum absolute atomic E-state index is 6.76. The summed E-state index contributed by atoms with van der Waals surface area (Å²) in [5.41, 5.74) is 13.5. The normalized spacial score (nSPS) is 11.7. The predicted octanol–water partition coefficient (Wildman–Crippen LogP) is 13.5. The number of hydrogen-bond donors (Lipinski definition) is 0. The van der Waals surface area contributed by atoms with Crippen molar-refractivity contribution in [3.8, 4) is 56.7 Å². The lowest BCUT2D eigenvalue weighted by Crippen LogP contribution is -2.06. The monoisotopic (exact) mass is 755 g/mol. The Balaban J connectivity index is 1.21. The lowest BCUT2D eigenvalue weighted by Gasteiger charge is -2.15. The van der Waals surface area contributed by atoms with E-state index in [1.807, 2.05) is 42.5 Å². The van der Waals surface area contributed by atoms with Gasteiger partial charge >= 0.3 is 0 Å². The highest BCUT2D eigenvalue weighted by Crippen LogP contribution is 2.43. The molecule has 12 aromatic rings. The lowest BCUT2D eigenvalue weighted by atomic mass is 10.0. The summed E-state index contributed by atoms with van der Waals surface area (Å²) >= 11 is 0. The van der Waals surface area contributed by atoms with Gasteiger partial charge in [-0.2, -0.15) is 0 Å². The molecule has 0 aliphatic rings. The molecule has 6 nitrogen and oxygen atoms in total. The van der Waals surface area contributed by atoms with E-state index in [0.29, 0.717) is 11.8 Å². The third-order valence-electron chi connectivity index (χ3n) is 11.4. The molecule has 0 saturated heterocycles. The number of fused-ring (bicyclic) bond motifs is 8. The number of rotatable bonds is 6. The molecule has 12 rings (SSSR count). The van der Waals surface area contributed by atoms with E-state index >= 15 is 0 Å². The quantitative estimate of drug-likeness (QED) is 0.170. The predicted molar refractivity (Wildman–Crippen MR) is 240 cm³/mol. The highest BCUT2D eigenvalue weighted by atomic mass is 16.3. The van der Waals surface area contributed by atoms with Gasteiger partial charge in [0, 0.05) is 32.8 Å². The van der Waals surface area contributed by atoms with Gasteiger partial charge < -0.3 is 8.98 Å². The largest absolute Gasteiger partial charge is 0.435 e. The molecule has 0 N–H and O–H groups in total. The van der Waals surface area contributed by atoms with Gasteiger partial charge in [-0.15, -0.1) is 0 Å². The Hall–Kier alpha value is -8.09. The van der Waals surface area contributed by atoms with Crippen LogP contribution in [0.3, 0.4) is 0 Å². The van der Waals surface area contributed by atoms with Gasteiger partial charge in [0.05, 0.1) is 44.5 Å². The van der Waals surface area contributed by atoms with E-state index in [4.69, 9.17) is 19.4 Å². The maximum atomic E-state index is 6.76. The molecule has 4 aromatic heterocycles. The number of nitrogens with zero attached hydrogens (tertiary/aromatic N) is 5. The molecule has 59 heavy (non-hydrogen) atoms. The molecular weight excluding hydrogens is 723 g/mol. The maximum Gasteiger partial charge on any atom is 0.235 e. The number of benzene rings is 8. The average Bonchev–Trinajstić information content (AvgIpc) is 4.00. The number of hydrogen-bond acceptors (Lipinski definition) is 4. The van der Waals surface area contributed by atoms with Crippen molar-refractivity contribution in [2.24, 2.45) is 0 Å². The molecule has 0 radical (unpaired) electrons. The minimum absolute atomic E-state index is 0.557.